The van der Waals surface area contributed by atoms with Gasteiger partial charge in [0, 0.05) is 11.3 Å². The minimum atomic E-state index is -5.07. The van der Waals surface area contributed by atoms with Crippen LogP contribution in [0.5, 0.6) is 0 Å². The van der Waals surface area contributed by atoms with Gasteiger partial charge >= 0.3 is 12.4 Å². The van der Waals surface area contributed by atoms with Crippen molar-refractivity contribution in [2.75, 3.05) is 5.32 Å². The number of hydrogen-bond acceptors (Lipinski definition) is 3. The van der Waals surface area contributed by atoms with Crippen LogP contribution >= 0.6 is 23.2 Å². The van der Waals surface area contributed by atoms with Gasteiger partial charge in [-0.25, -0.2) is 0 Å². The summed E-state index contributed by atoms with van der Waals surface area (Å²) in [5.74, 6) is -1.11. The Hall–Kier alpha value is -2.72. The van der Waals surface area contributed by atoms with Crippen LogP contribution in [0.4, 0.5) is 32.0 Å². The van der Waals surface area contributed by atoms with Crippen molar-refractivity contribution in [1.82, 2.24) is 5.16 Å². The van der Waals surface area contributed by atoms with E-state index >= 15 is 0 Å². The van der Waals surface area contributed by atoms with Gasteiger partial charge in [-0.05, 0) is 37.3 Å². The highest BCUT2D eigenvalue weighted by atomic mass is 35.5. The van der Waals surface area contributed by atoms with Crippen LogP contribution in [-0.4, -0.2) is 11.1 Å². The lowest BCUT2D eigenvalue weighted by atomic mass is 10.0. The normalized spacial score (nSPS) is 12.2. The third kappa shape index (κ3) is 4.80. The number of hydrogen-bond donors (Lipinski definition) is 1. The van der Waals surface area contributed by atoms with Crippen molar-refractivity contribution in [1.29, 1.82) is 0 Å². The molecular weight excluding hydrogens is 473 g/mol. The molecule has 1 N–H and O–H groups in total. The van der Waals surface area contributed by atoms with E-state index in [1.165, 1.54) is 25.1 Å². The van der Waals surface area contributed by atoms with Crippen molar-refractivity contribution in [3.63, 3.8) is 0 Å². The van der Waals surface area contributed by atoms with E-state index in [1.54, 1.807) is 0 Å². The molecule has 4 nitrogen and oxygen atoms in total. The third-order valence-corrected chi connectivity index (χ3v) is 4.76. The quantitative estimate of drug-likeness (QED) is 0.400. The van der Waals surface area contributed by atoms with Crippen LogP contribution < -0.4 is 5.32 Å². The average Bonchev–Trinajstić information content (AvgIpc) is 3.01. The topological polar surface area (TPSA) is 55.1 Å². The SMILES string of the molecule is Cc1onc(-c2c(Cl)cccc2Cl)c1C(=O)Nc1cc(C(F)(F)F)cc(C(F)(F)F)c1. The van der Waals surface area contributed by atoms with E-state index in [1.807, 2.05) is 5.32 Å². The number of alkyl halides is 6. The molecule has 0 aliphatic carbocycles. The highest BCUT2D eigenvalue weighted by molar-refractivity contribution is 6.39. The zero-order chi connectivity index (χ0) is 23.1. The first-order valence-corrected chi connectivity index (χ1v) is 9.06. The number of carbonyl (C=O) groups is 1. The van der Waals surface area contributed by atoms with E-state index in [0.29, 0.717) is 12.1 Å². The van der Waals surface area contributed by atoms with Crippen LogP contribution in [0.25, 0.3) is 11.3 Å². The number of nitrogens with zero attached hydrogens (tertiary/aromatic N) is 1. The lowest BCUT2D eigenvalue weighted by Gasteiger charge is -2.15. The van der Waals surface area contributed by atoms with E-state index in [0.717, 1.165) is 0 Å². The monoisotopic (exact) mass is 482 g/mol. The summed E-state index contributed by atoms with van der Waals surface area (Å²) in [6.07, 6.45) is -10.1. The lowest BCUT2D eigenvalue weighted by molar-refractivity contribution is -0.143. The molecule has 164 valence electrons. The Balaban J connectivity index is 2.07. The average molecular weight is 483 g/mol. The zero-order valence-electron chi connectivity index (χ0n) is 15.3. The second-order valence-corrected chi connectivity index (χ2v) is 7.12. The first kappa shape index (κ1) is 23.0. The molecule has 0 saturated carbocycles. The van der Waals surface area contributed by atoms with Crippen LogP contribution in [0.1, 0.15) is 27.2 Å². The van der Waals surface area contributed by atoms with Crippen LogP contribution in [0.15, 0.2) is 40.9 Å². The van der Waals surface area contributed by atoms with Crippen LogP contribution in [0.2, 0.25) is 10.0 Å². The van der Waals surface area contributed by atoms with E-state index in [-0.39, 0.29) is 38.7 Å². The second kappa shape index (κ2) is 8.08. The van der Waals surface area contributed by atoms with Gasteiger partial charge in [-0.15, -0.1) is 0 Å². The summed E-state index contributed by atoms with van der Waals surface area (Å²) in [5.41, 5.74) is -4.12. The van der Waals surface area contributed by atoms with E-state index in [2.05, 4.69) is 5.16 Å². The number of rotatable bonds is 3. The number of aryl methyl sites for hydroxylation is 1. The number of amides is 1. The molecule has 0 unspecified atom stereocenters. The summed E-state index contributed by atoms with van der Waals surface area (Å²) in [5, 5.41) is 5.96. The molecule has 1 amide bonds. The third-order valence-electron chi connectivity index (χ3n) is 4.13. The van der Waals surface area contributed by atoms with Gasteiger partial charge < -0.3 is 9.84 Å². The molecule has 0 spiro atoms. The van der Waals surface area contributed by atoms with Gasteiger partial charge in [0.25, 0.3) is 5.91 Å². The fourth-order valence-corrected chi connectivity index (χ4v) is 3.33. The smallest absolute Gasteiger partial charge is 0.360 e. The molecule has 3 rings (SSSR count). The minimum absolute atomic E-state index is 0.0464. The Labute approximate surface area is 180 Å². The molecule has 1 heterocycles. The first-order chi connectivity index (χ1) is 14.3. The maximum absolute atomic E-state index is 13.1. The van der Waals surface area contributed by atoms with Gasteiger partial charge in [0.1, 0.15) is 17.0 Å². The Morgan fingerprint density at radius 1 is 0.968 bits per heavy atom. The minimum Gasteiger partial charge on any atom is -0.360 e. The second-order valence-electron chi connectivity index (χ2n) is 6.31. The maximum atomic E-state index is 13.1. The highest BCUT2D eigenvalue weighted by Gasteiger charge is 2.37. The molecule has 1 aromatic heterocycles. The molecule has 0 aliphatic heterocycles. The number of aromatic nitrogens is 1. The summed E-state index contributed by atoms with van der Waals surface area (Å²) in [6.45, 7) is 1.34. The standard InChI is InChI=1S/C19H10Cl2F6N2O2/c1-8-14(16(29-31-8)15-12(20)3-2-4-13(15)21)17(30)28-11-6-9(18(22,23)24)5-10(7-11)19(25,26)27/h2-7H,1H3,(H,28,30). The van der Waals surface area contributed by atoms with Crippen LogP contribution in [0.3, 0.4) is 0 Å². The van der Waals surface area contributed by atoms with Gasteiger partial charge in [0.15, 0.2) is 0 Å². The largest absolute Gasteiger partial charge is 0.416 e. The maximum Gasteiger partial charge on any atom is 0.416 e. The summed E-state index contributed by atoms with van der Waals surface area (Å²) in [6, 6.07) is 5.17. The molecule has 3 aromatic rings. The number of nitrogens with one attached hydrogen (secondary N) is 1. The van der Waals surface area contributed by atoms with Crippen molar-refractivity contribution < 1.29 is 35.7 Å². The predicted octanol–water partition coefficient (Wildman–Crippen LogP) is 7.25. The number of halogens is 8. The van der Waals surface area contributed by atoms with Gasteiger partial charge in [-0.3, -0.25) is 4.79 Å². The van der Waals surface area contributed by atoms with Gasteiger partial charge in [0.05, 0.1) is 21.2 Å². The Morgan fingerprint density at radius 3 is 1.97 bits per heavy atom. The molecular formula is C19H10Cl2F6N2O2. The van der Waals surface area contributed by atoms with E-state index in [4.69, 9.17) is 27.7 Å². The zero-order valence-corrected chi connectivity index (χ0v) is 16.8. The summed E-state index contributed by atoms with van der Waals surface area (Å²) < 4.78 is 83.3. The predicted molar refractivity (Wildman–Crippen MR) is 101 cm³/mol. The van der Waals surface area contributed by atoms with Gasteiger partial charge in [-0.2, -0.15) is 26.3 Å². The number of anilines is 1. The summed E-state index contributed by atoms with van der Waals surface area (Å²) in [4.78, 5) is 12.8. The summed E-state index contributed by atoms with van der Waals surface area (Å²) in [7, 11) is 0. The fraction of sp³-hybridized carbons (Fsp3) is 0.158. The van der Waals surface area contributed by atoms with Crippen molar-refractivity contribution in [2.45, 2.75) is 19.3 Å². The van der Waals surface area contributed by atoms with Crippen molar-refractivity contribution in [2.24, 2.45) is 0 Å². The summed E-state index contributed by atoms with van der Waals surface area (Å²) >= 11 is 12.2. The molecule has 0 fully saturated rings. The van der Waals surface area contributed by atoms with Crippen molar-refractivity contribution in [3.05, 3.63) is 68.9 Å². The van der Waals surface area contributed by atoms with Crippen molar-refractivity contribution >= 4 is 34.8 Å². The van der Waals surface area contributed by atoms with Gasteiger partial charge in [0.2, 0.25) is 0 Å². The first-order valence-electron chi connectivity index (χ1n) is 8.30. The van der Waals surface area contributed by atoms with Gasteiger partial charge in [-0.1, -0.05) is 34.4 Å². The molecule has 0 aliphatic rings. The lowest BCUT2D eigenvalue weighted by Crippen LogP contribution is -2.16. The number of carbonyl (C=O) groups excluding carboxylic acids is 1. The molecule has 0 bridgehead atoms. The molecule has 0 radical (unpaired) electrons. The van der Waals surface area contributed by atoms with E-state index in [9.17, 15) is 31.1 Å². The molecule has 31 heavy (non-hydrogen) atoms. The Bertz CT molecular complexity index is 1100. The van der Waals surface area contributed by atoms with Crippen molar-refractivity contribution in [3.8, 4) is 11.3 Å². The molecule has 0 atom stereocenters. The number of benzene rings is 2. The van der Waals surface area contributed by atoms with Crippen LogP contribution in [-0.2, 0) is 12.4 Å². The molecule has 2 aromatic carbocycles. The molecule has 0 saturated heterocycles. The van der Waals surface area contributed by atoms with Crippen LogP contribution in [0, 0.1) is 6.92 Å². The Morgan fingerprint density at radius 2 is 1.48 bits per heavy atom. The molecule has 12 heteroatoms. The van der Waals surface area contributed by atoms with E-state index < -0.39 is 35.1 Å². The fourth-order valence-electron chi connectivity index (χ4n) is 2.75. The Kier molecular flexibility index (Phi) is 5.98. The highest BCUT2D eigenvalue weighted by Crippen LogP contribution is 2.39.